The van der Waals surface area contributed by atoms with Crippen LogP contribution in [0.1, 0.15) is 39.2 Å². The van der Waals surface area contributed by atoms with Gasteiger partial charge < -0.3 is 19.1 Å². The number of para-hydroxylation sites is 2. The number of hydrogen-bond donors (Lipinski definition) is 0. The average molecular weight is 489 g/mol. The van der Waals surface area contributed by atoms with Crippen molar-refractivity contribution in [1.82, 2.24) is 14.5 Å². The maximum Gasteiger partial charge on any atom is 0.410 e. The summed E-state index contributed by atoms with van der Waals surface area (Å²) in [5.74, 6) is 0.822. The lowest BCUT2D eigenvalue weighted by molar-refractivity contribution is 0.0199. The fraction of sp³-hybridized carbons (Fsp3) is 0.440. The van der Waals surface area contributed by atoms with Crippen molar-refractivity contribution in [2.45, 2.75) is 51.8 Å². The standard InChI is InChI=1S/C25H30Cl2N4O2/c1-25(2,3)33-24(32)30-14-8-9-17(15-30)29(4)23-28-21-12-5-6-13-22(21)31(23)16-18-19(26)10-7-11-20(18)27/h5-7,10-13,17H,8-9,14-16H2,1-4H3/t17-/m0/s1. The number of rotatable bonds is 4. The molecule has 0 saturated carbocycles. The predicted molar refractivity (Wildman–Crippen MR) is 135 cm³/mol. The zero-order valence-corrected chi connectivity index (χ0v) is 21.0. The van der Waals surface area contributed by atoms with Crippen LogP contribution >= 0.6 is 23.2 Å². The molecule has 6 nitrogen and oxygen atoms in total. The van der Waals surface area contributed by atoms with Crippen molar-refractivity contribution in [1.29, 1.82) is 0 Å². The number of fused-ring (bicyclic) bond motifs is 1. The molecule has 33 heavy (non-hydrogen) atoms. The number of piperidine rings is 1. The Bertz CT molecular complexity index is 1130. The molecule has 0 bridgehead atoms. The van der Waals surface area contributed by atoms with Gasteiger partial charge in [0.25, 0.3) is 0 Å². The van der Waals surface area contributed by atoms with E-state index in [4.69, 9.17) is 32.9 Å². The monoisotopic (exact) mass is 488 g/mol. The summed E-state index contributed by atoms with van der Waals surface area (Å²) in [7, 11) is 2.04. The third-order valence-electron chi connectivity index (χ3n) is 5.92. The fourth-order valence-corrected chi connectivity index (χ4v) is 4.77. The molecule has 0 aliphatic carbocycles. The van der Waals surface area contributed by atoms with Crippen molar-refractivity contribution in [2.24, 2.45) is 0 Å². The van der Waals surface area contributed by atoms with Crippen LogP contribution < -0.4 is 4.90 Å². The number of halogens is 2. The van der Waals surface area contributed by atoms with E-state index in [1.165, 1.54) is 0 Å². The number of likely N-dealkylation sites (tertiary alicyclic amines) is 1. The highest BCUT2D eigenvalue weighted by atomic mass is 35.5. The minimum atomic E-state index is -0.516. The van der Waals surface area contributed by atoms with Gasteiger partial charge in [0.2, 0.25) is 5.95 Å². The van der Waals surface area contributed by atoms with E-state index in [1.807, 2.05) is 64.2 Å². The number of amides is 1. The number of imidazole rings is 1. The van der Waals surface area contributed by atoms with E-state index in [9.17, 15) is 4.79 Å². The van der Waals surface area contributed by atoms with Crippen LogP contribution in [0.25, 0.3) is 11.0 Å². The van der Waals surface area contributed by atoms with Crippen LogP contribution in [0.3, 0.4) is 0 Å². The van der Waals surface area contributed by atoms with Crippen molar-refractivity contribution < 1.29 is 9.53 Å². The van der Waals surface area contributed by atoms with Crippen molar-refractivity contribution in [3.05, 3.63) is 58.1 Å². The molecule has 1 aliphatic heterocycles. The normalized spacial score (nSPS) is 16.8. The first kappa shape index (κ1) is 23.7. The minimum absolute atomic E-state index is 0.114. The first-order valence-electron chi connectivity index (χ1n) is 11.2. The van der Waals surface area contributed by atoms with Gasteiger partial charge >= 0.3 is 6.09 Å². The molecule has 1 amide bonds. The van der Waals surface area contributed by atoms with Crippen molar-refractivity contribution in [3.8, 4) is 0 Å². The molecule has 1 fully saturated rings. The highest BCUT2D eigenvalue weighted by Crippen LogP contribution is 2.31. The molecule has 0 N–H and O–H groups in total. The number of hydrogen-bond acceptors (Lipinski definition) is 4. The molecular weight excluding hydrogens is 459 g/mol. The second-order valence-electron chi connectivity index (χ2n) is 9.52. The lowest BCUT2D eigenvalue weighted by Gasteiger charge is -2.38. The number of aromatic nitrogens is 2. The molecular formula is C25H30Cl2N4O2. The largest absolute Gasteiger partial charge is 0.444 e. The van der Waals surface area contributed by atoms with Gasteiger partial charge in [0.15, 0.2) is 0 Å². The van der Waals surface area contributed by atoms with E-state index in [2.05, 4.69) is 15.5 Å². The van der Waals surface area contributed by atoms with Crippen molar-refractivity contribution >= 4 is 46.3 Å². The van der Waals surface area contributed by atoms with Crippen LogP contribution in [0.5, 0.6) is 0 Å². The van der Waals surface area contributed by atoms with Gasteiger partial charge in [-0.3, -0.25) is 0 Å². The van der Waals surface area contributed by atoms with E-state index in [0.29, 0.717) is 29.7 Å². The van der Waals surface area contributed by atoms with Gasteiger partial charge in [0.1, 0.15) is 5.60 Å². The van der Waals surface area contributed by atoms with Crippen LogP contribution in [0.15, 0.2) is 42.5 Å². The number of nitrogens with zero attached hydrogens (tertiary/aromatic N) is 4. The molecule has 0 radical (unpaired) electrons. The van der Waals surface area contributed by atoms with E-state index in [0.717, 1.165) is 35.4 Å². The molecule has 2 heterocycles. The third-order valence-corrected chi connectivity index (χ3v) is 6.63. The highest BCUT2D eigenvalue weighted by molar-refractivity contribution is 6.36. The van der Waals surface area contributed by atoms with Gasteiger partial charge in [-0.1, -0.05) is 41.4 Å². The molecule has 0 spiro atoms. The van der Waals surface area contributed by atoms with Crippen LogP contribution in [0.2, 0.25) is 10.0 Å². The number of benzene rings is 2. The second-order valence-corrected chi connectivity index (χ2v) is 10.3. The first-order valence-corrected chi connectivity index (χ1v) is 12.0. The quantitative estimate of drug-likeness (QED) is 0.436. The zero-order chi connectivity index (χ0) is 23.8. The summed E-state index contributed by atoms with van der Waals surface area (Å²) in [5.41, 5.74) is 2.26. The topological polar surface area (TPSA) is 50.6 Å². The highest BCUT2D eigenvalue weighted by Gasteiger charge is 2.31. The Morgan fingerprint density at radius 2 is 1.85 bits per heavy atom. The van der Waals surface area contributed by atoms with Crippen LogP contribution in [0, 0.1) is 0 Å². The summed E-state index contributed by atoms with van der Waals surface area (Å²) in [4.78, 5) is 21.6. The van der Waals surface area contributed by atoms with Gasteiger partial charge in [-0.2, -0.15) is 0 Å². The van der Waals surface area contributed by atoms with Crippen molar-refractivity contribution in [2.75, 3.05) is 25.0 Å². The molecule has 4 rings (SSSR count). The Hall–Kier alpha value is -2.44. The van der Waals surface area contributed by atoms with E-state index in [-0.39, 0.29) is 12.1 Å². The van der Waals surface area contributed by atoms with Crippen molar-refractivity contribution in [3.63, 3.8) is 0 Å². The zero-order valence-electron chi connectivity index (χ0n) is 19.5. The lowest BCUT2D eigenvalue weighted by atomic mass is 10.1. The summed E-state index contributed by atoms with van der Waals surface area (Å²) in [5, 5.41) is 1.25. The number of likely N-dealkylation sites (N-methyl/N-ethyl adjacent to an activating group) is 1. The molecule has 1 atom stereocenters. The summed E-state index contributed by atoms with van der Waals surface area (Å²) >= 11 is 13.0. The summed E-state index contributed by atoms with van der Waals surface area (Å²) < 4.78 is 7.75. The molecule has 3 aromatic rings. The predicted octanol–water partition coefficient (Wildman–Crippen LogP) is 6.23. The summed E-state index contributed by atoms with van der Waals surface area (Å²) in [6, 6.07) is 13.7. The molecule has 176 valence electrons. The smallest absolute Gasteiger partial charge is 0.410 e. The molecule has 2 aromatic carbocycles. The number of carbonyl (C=O) groups excluding carboxylic acids is 1. The lowest BCUT2D eigenvalue weighted by Crippen LogP contribution is -2.50. The van der Waals surface area contributed by atoms with Crippen LogP contribution in [0.4, 0.5) is 10.7 Å². The Labute approximate surface area is 205 Å². The van der Waals surface area contributed by atoms with Gasteiger partial charge in [0, 0.05) is 41.8 Å². The molecule has 1 aliphatic rings. The SMILES string of the molecule is CN(c1nc2ccccc2n1Cc1c(Cl)cccc1Cl)[C@H]1CCCN(C(=O)OC(C)(C)C)C1. The third kappa shape index (κ3) is 5.22. The maximum atomic E-state index is 12.7. The minimum Gasteiger partial charge on any atom is -0.444 e. The number of carbonyl (C=O) groups is 1. The Morgan fingerprint density at radius 1 is 1.15 bits per heavy atom. The maximum absolute atomic E-state index is 12.7. The second kappa shape index (κ2) is 9.43. The first-order chi connectivity index (χ1) is 15.6. The van der Waals surface area contributed by atoms with Gasteiger partial charge in [-0.25, -0.2) is 9.78 Å². The number of ether oxygens (including phenoxy) is 1. The van der Waals surface area contributed by atoms with E-state index >= 15 is 0 Å². The Kier molecular flexibility index (Phi) is 6.78. The molecule has 8 heteroatoms. The summed E-state index contributed by atoms with van der Waals surface area (Å²) in [6.07, 6.45) is 1.60. The average Bonchev–Trinajstić information content (AvgIpc) is 3.13. The molecule has 0 unspecified atom stereocenters. The number of anilines is 1. The Balaban J connectivity index is 1.65. The van der Waals surface area contributed by atoms with Gasteiger partial charge in [-0.15, -0.1) is 0 Å². The van der Waals surface area contributed by atoms with Crippen LogP contribution in [-0.4, -0.2) is 52.3 Å². The van der Waals surface area contributed by atoms with Gasteiger partial charge in [0.05, 0.1) is 17.6 Å². The van der Waals surface area contributed by atoms with E-state index in [1.54, 1.807) is 4.90 Å². The Morgan fingerprint density at radius 3 is 2.55 bits per heavy atom. The fourth-order valence-electron chi connectivity index (χ4n) is 4.26. The molecule has 1 saturated heterocycles. The molecule has 1 aromatic heterocycles. The summed E-state index contributed by atoms with van der Waals surface area (Å²) in [6.45, 7) is 7.45. The van der Waals surface area contributed by atoms with E-state index < -0.39 is 5.60 Å². The van der Waals surface area contributed by atoms with Gasteiger partial charge in [-0.05, 0) is 57.9 Å². The van der Waals surface area contributed by atoms with Crippen LogP contribution in [-0.2, 0) is 11.3 Å².